The van der Waals surface area contributed by atoms with Crippen LogP contribution in [0, 0.1) is 11.3 Å². The molecule has 2 unspecified atom stereocenters. The van der Waals surface area contributed by atoms with E-state index in [-0.39, 0.29) is 11.5 Å². The van der Waals surface area contributed by atoms with Gasteiger partial charge in [-0.2, -0.15) is 5.26 Å². The van der Waals surface area contributed by atoms with Gasteiger partial charge in [0.15, 0.2) is 5.78 Å². The molecule has 0 spiro atoms. The first kappa shape index (κ1) is 11.4. The third-order valence-electron chi connectivity index (χ3n) is 4.61. The molecule has 1 heterocycles. The molecule has 4 heteroatoms. The van der Waals surface area contributed by atoms with E-state index < -0.39 is 11.0 Å². The van der Waals surface area contributed by atoms with Gasteiger partial charge >= 0.3 is 0 Å². The summed E-state index contributed by atoms with van der Waals surface area (Å²) in [4.78, 5) is 16.5. The number of carbonyl (C=O) groups excluding carboxylic acids is 1. The third kappa shape index (κ3) is 1.12. The molecule has 0 radical (unpaired) electrons. The Morgan fingerprint density at radius 1 is 1.44 bits per heavy atom. The fraction of sp³-hybridized carbons (Fsp3) is 0.500. The van der Waals surface area contributed by atoms with Crippen LogP contribution in [0.2, 0.25) is 0 Å². The Hall–Kier alpha value is -1.73. The molecular formula is C14H14N2O2. The van der Waals surface area contributed by atoms with Crippen LogP contribution >= 0.6 is 0 Å². The van der Waals surface area contributed by atoms with Gasteiger partial charge in [0.2, 0.25) is 0 Å². The van der Waals surface area contributed by atoms with E-state index in [2.05, 4.69) is 4.98 Å². The molecule has 3 rings (SSSR count). The second kappa shape index (κ2) is 3.39. The molecule has 18 heavy (non-hydrogen) atoms. The standard InChI is InChI=1S/C14H14N2O2/c1-13-4-2-3-5-14(13,18)12(17)10-6-9(7-15)16-8-11(10)13/h6,8,18H,2-5H2,1H3. The van der Waals surface area contributed by atoms with Crippen molar-refractivity contribution in [3.05, 3.63) is 29.1 Å². The maximum atomic E-state index is 12.4. The monoisotopic (exact) mass is 242 g/mol. The quantitative estimate of drug-likeness (QED) is 0.751. The van der Waals surface area contributed by atoms with E-state index in [0.717, 1.165) is 24.8 Å². The number of carbonyl (C=O) groups is 1. The summed E-state index contributed by atoms with van der Waals surface area (Å²) in [5, 5.41) is 19.6. The first-order chi connectivity index (χ1) is 8.53. The summed E-state index contributed by atoms with van der Waals surface area (Å²) in [6.07, 6.45) is 4.75. The van der Waals surface area contributed by atoms with Gasteiger partial charge in [-0.25, -0.2) is 4.98 Å². The largest absolute Gasteiger partial charge is 0.381 e. The predicted molar refractivity (Wildman–Crippen MR) is 64.1 cm³/mol. The Balaban J connectivity index is 2.25. The summed E-state index contributed by atoms with van der Waals surface area (Å²) >= 11 is 0. The van der Waals surface area contributed by atoms with Crippen molar-refractivity contribution in [2.45, 2.75) is 43.6 Å². The second-order valence-electron chi connectivity index (χ2n) is 5.46. The molecule has 92 valence electrons. The number of hydrogen-bond donors (Lipinski definition) is 1. The van der Waals surface area contributed by atoms with Gasteiger partial charge in [-0.15, -0.1) is 0 Å². The summed E-state index contributed by atoms with van der Waals surface area (Å²) in [5.41, 5.74) is -0.336. The molecule has 1 fully saturated rings. The molecule has 0 aliphatic heterocycles. The lowest BCUT2D eigenvalue weighted by atomic mass is 9.64. The molecule has 0 bridgehead atoms. The van der Waals surface area contributed by atoms with E-state index in [1.165, 1.54) is 6.07 Å². The molecule has 4 nitrogen and oxygen atoms in total. The van der Waals surface area contributed by atoms with Crippen LogP contribution in [0.3, 0.4) is 0 Å². The van der Waals surface area contributed by atoms with Gasteiger partial charge in [0, 0.05) is 17.2 Å². The zero-order chi connectivity index (χ0) is 13.0. The first-order valence-electron chi connectivity index (χ1n) is 6.21. The number of nitriles is 1. The normalized spacial score (nSPS) is 33.7. The van der Waals surface area contributed by atoms with Crippen LogP contribution < -0.4 is 0 Å². The van der Waals surface area contributed by atoms with Crippen molar-refractivity contribution in [2.75, 3.05) is 0 Å². The van der Waals surface area contributed by atoms with Gasteiger partial charge in [0.25, 0.3) is 0 Å². The first-order valence-corrected chi connectivity index (χ1v) is 6.21. The highest BCUT2D eigenvalue weighted by molar-refractivity contribution is 6.08. The number of ketones is 1. The number of rotatable bonds is 0. The van der Waals surface area contributed by atoms with E-state index in [0.29, 0.717) is 12.0 Å². The van der Waals surface area contributed by atoms with Crippen LogP contribution in [0.25, 0.3) is 0 Å². The smallest absolute Gasteiger partial charge is 0.195 e. The van der Waals surface area contributed by atoms with Gasteiger partial charge in [-0.3, -0.25) is 4.79 Å². The maximum absolute atomic E-state index is 12.4. The minimum atomic E-state index is -1.30. The Labute approximate surface area is 105 Å². The molecular weight excluding hydrogens is 228 g/mol. The molecule has 1 N–H and O–H groups in total. The van der Waals surface area contributed by atoms with E-state index in [9.17, 15) is 9.90 Å². The van der Waals surface area contributed by atoms with Crippen LogP contribution in [0.1, 0.15) is 54.2 Å². The predicted octanol–water partition coefficient (Wildman–Crippen LogP) is 1.71. The number of fused-ring (bicyclic) bond motifs is 3. The average Bonchev–Trinajstić information content (AvgIpc) is 2.57. The Morgan fingerprint density at radius 2 is 2.17 bits per heavy atom. The highest BCUT2D eigenvalue weighted by atomic mass is 16.3. The lowest BCUT2D eigenvalue weighted by Gasteiger charge is -2.42. The molecule has 1 aromatic heterocycles. The minimum Gasteiger partial charge on any atom is -0.381 e. The molecule has 1 aromatic rings. The topological polar surface area (TPSA) is 74.0 Å². The maximum Gasteiger partial charge on any atom is 0.195 e. The van der Waals surface area contributed by atoms with Crippen LogP contribution in [0.4, 0.5) is 0 Å². The summed E-state index contributed by atoms with van der Waals surface area (Å²) in [6.45, 7) is 1.93. The lowest BCUT2D eigenvalue weighted by molar-refractivity contribution is -0.0293. The third-order valence-corrected chi connectivity index (χ3v) is 4.61. The summed E-state index contributed by atoms with van der Waals surface area (Å²) in [7, 11) is 0. The van der Waals surface area contributed by atoms with Crippen molar-refractivity contribution in [3.8, 4) is 6.07 Å². The summed E-state index contributed by atoms with van der Waals surface area (Å²) in [5.74, 6) is -0.237. The number of pyridine rings is 1. The van der Waals surface area contributed by atoms with Crippen molar-refractivity contribution in [1.29, 1.82) is 5.26 Å². The molecule has 1 saturated carbocycles. The average molecular weight is 242 g/mol. The van der Waals surface area contributed by atoms with Crippen molar-refractivity contribution in [3.63, 3.8) is 0 Å². The van der Waals surface area contributed by atoms with E-state index in [1.807, 2.05) is 13.0 Å². The van der Waals surface area contributed by atoms with E-state index in [4.69, 9.17) is 5.26 Å². The summed E-state index contributed by atoms with van der Waals surface area (Å²) in [6, 6.07) is 3.45. The minimum absolute atomic E-state index is 0.230. The molecule has 0 aromatic carbocycles. The number of aromatic nitrogens is 1. The molecule has 0 amide bonds. The van der Waals surface area contributed by atoms with E-state index >= 15 is 0 Å². The lowest BCUT2D eigenvalue weighted by Crippen LogP contribution is -2.52. The zero-order valence-corrected chi connectivity index (χ0v) is 10.2. The molecule has 2 aliphatic carbocycles. The van der Waals surface area contributed by atoms with Crippen LogP contribution in [0.5, 0.6) is 0 Å². The molecule has 2 aliphatic rings. The fourth-order valence-corrected chi connectivity index (χ4v) is 3.43. The van der Waals surface area contributed by atoms with Gasteiger partial charge in [0.05, 0.1) is 0 Å². The second-order valence-corrected chi connectivity index (χ2v) is 5.46. The van der Waals surface area contributed by atoms with Crippen LogP contribution in [0.15, 0.2) is 12.3 Å². The molecule has 0 saturated heterocycles. The van der Waals surface area contributed by atoms with Crippen molar-refractivity contribution in [2.24, 2.45) is 0 Å². The highest BCUT2D eigenvalue weighted by Gasteiger charge is 2.60. The van der Waals surface area contributed by atoms with Crippen LogP contribution in [-0.4, -0.2) is 21.5 Å². The molecule has 2 atom stereocenters. The Bertz CT molecular complexity index is 590. The number of aliphatic hydroxyl groups is 1. The van der Waals surface area contributed by atoms with Crippen LogP contribution in [-0.2, 0) is 5.41 Å². The SMILES string of the molecule is CC12CCCCC1(O)C(=O)c1cc(C#N)ncc12. The van der Waals surface area contributed by atoms with Crippen molar-refractivity contribution >= 4 is 5.78 Å². The van der Waals surface area contributed by atoms with Gasteiger partial charge in [-0.05, 0) is 24.5 Å². The van der Waals surface area contributed by atoms with Crippen molar-refractivity contribution in [1.82, 2.24) is 4.98 Å². The Morgan fingerprint density at radius 3 is 2.89 bits per heavy atom. The zero-order valence-electron chi connectivity index (χ0n) is 10.2. The van der Waals surface area contributed by atoms with Crippen molar-refractivity contribution < 1.29 is 9.90 Å². The summed E-state index contributed by atoms with van der Waals surface area (Å²) < 4.78 is 0. The number of Topliss-reactive ketones (excluding diaryl/α,β-unsaturated/α-hetero) is 1. The van der Waals surface area contributed by atoms with E-state index in [1.54, 1.807) is 6.20 Å². The number of nitrogens with zero attached hydrogens (tertiary/aromatic N) is 2. The fourth-order valence-electron chi connectivity index (χ4n) is 3.43. The van der Waals surface area contributed by atoms with Gasteiger partial charge < -0.3 is 5.11 Å². The Kier molecular flexibility index (Phi) is 2.14. The van der Waals surface area contributed by atoms with Gasteiger partial charge in [-0.1, -0.05) is 19.8 Å². The number of hydrogen-bond acceptors (Lipinski definition) is 4. The highest BCUT2D eigenvalue weighted by Crippen LogP contribution is 2.53. The van der Waals surface area contributed by atoms with Gasteiger partial charge in [0.1, 0.15) is 17.4 Å².